The number of aromatic nitrogens is 1. The number of hydrogen-bond acceptors (Lipinski definition) is 5. The summed E-state index contributed by atoms with van der Waals surface area (Å²) in [6.45, 7) is 0.409. The topological polar surface area (TPSA) is 73.3 Å². The van der Waals surface area contributed by atoms with Crippen LogP contribution >= 0.6 is 0 Å². The minimum atomic E-state index is -3.05. The van der Waals surface area contributed by atoms with E-state index < -0.39 is 9.84 Å². The highest BCUT2D eigenvalue weighted by Crippen LogP contribution is 2.40. The first kappa shape index (κ1) is 18.2. The van der Waals surface area contributed by atoms with E-state index >= 15 is 0 Å². The zero-order valence-corrected chi connectivity index (χ0v) is 15.9. The average molecular weight is 385 g/mol. The van der Waals surface area contributed by atoms with Crippen LogP contribution in [-0.2, 0) is 16.4 Å². The van der Waals surface area contributed by atoms with E-state index in [-0.39, 0.29) is 22.2 Å². The number of ketones is 1. The first-order chi connectivity index (χ1) is 13.0. The summed E-state index contributed by atoms with van der Waals surface area (Å²) in [5.41, 5.74) is 1.54. The maximum absolute atomic E-state index is 13.0. The number of benzene rings is 1. The standard InChI is InChI=1S/C21H23NO4S/c23-21(16-10-19-7-4-8-20(11-16)27(19,24)25)17-9-18(13-22-12-17)26-14-15-5-2-1-3-6-15/h1-3,5-6,9,12-13,16,19-20H,4,7-8,10-11,14H2. The molecule has 5 nitrogen and oxygen atoms in total. The summed E-state index contributed by atoms with van der Waals surface area (Å²) in [5, 5.41) is -0.714. The third-order valence-corrected chi connectivity index (χ3v) is 8.41. The maximum atomic E-state index is 13.0. The van der Waals surface area contributed by atoms with Crippen LogP contribution in [0.25, 0.3) is 0 Å². The lowest BCUT2D eigenvalue weighted by atomic mass is 9.85. The van der Waals surface area contributed by atoms with Gasteiger partial charge in [0.05, 0.1) is 16.7 Å². The van der Waals surface area contributed by atoms with Gasteiger partial charge >= 0.3 is 0 Å². The minimum Gasteiger partial charge on any atom is -0.487 e. The van der Waals surface area contributed by atoms with E-state index in [1.807, 2.05) is 30.3 Å². The van der Waals surface area contributed by atoms with Crippen molar-refractivity contribution in [3.63, 3.8) is 0 Å². The number of nitrogens with zero attached hydrogens (tertiary/aromatic N) is 1. The van der Waals surface area contributed by atoms with Crippen molar-refractivity contribution < 1.29 is 17.9 Å². The summed E-state index contributed by atoms with van der Waals surface area (Å²) >= 11 is 0. The van der Waals surface area contributed by atoms with E-state index in [4.69, 9.17) is 4.74 Å². The van der Waals surface area contributed by atoms with Crippen molar-refractivity contribution >= 4 is 15.6 Å². The van der Waals surface area contributed by atoms with Crippen LogP contribution in [0.3, 0.4) is 0 Å². The molecule has 2 unspecified atom stereocenters. The Morgan fingerprint density at radius 1 is 1.07 bits per heavy atom. The number of fused-ring (bicyclic) bond motifs is 2. The fourth-order valence-corrected chi connectivity index (χ4v) is 6.77. The highest BCUT2D eigenvalue weighted by atomic mass is 32.2. The van der Waals surface area contributed by atoms with E-state index in [1.165, 1.54) is 0 Å². The highest BCUT2D eigenvalue weighted by molar-refractivity contribution is 7.92. The lowest BCUT2D eigenvalue weighted by molar-refractivity contribution is 0.0893. The van der Waals surface area contributed by atoms with Crippen molar-refractivity contribution in [2.45, 2.75) is 49.2 Å². The van der Waals surface area contributed by atoms with Gasteiger partial charge in [-0.3, -0.25) is 9.78 Å². The summed E-state index contributed by atoms with van der Waals surface area (Å²) in [6, 6.07) is 11.5. The second-order valence-electron chi connectivity index (χ2n) is 7.48. The fourth-order valence-electron chi connectivity index (χ4n) is 4.23. The number of carbonyl (C=O) groups excluding carboxylic acids is 1. The van der Waals surface area contributed by atoms with Crippen molar-refractivity contribution in [1.29, 1.82) is 0 Å². The minimum absolute atomic E-state index is 0.0144. The van der Waals surface area contributed by atoms with E-state index in [1.54, 1.807) is 18.5 Å². The number of ether oxygens (including phenoxy) is 1. The number of rotatable bonds is 5. The molecule has 2 bridgehead atoms. The molecule has 1 aromatic carbocycles. The second-order valence-corrected chi connectivity index (χ2v) is 9.99. The Bertz CT molecular complexity index is 906. The van der Waals surface area contributed by atoms with Gasteiger partial charge in [-0.1, -0.05) is 36.8 Å². The molecule has 2 aromatic rings. The summed E-state index contributed by atoms with van der Waals surface area (Å²) in [7, 11) is -3.05. The summed E-state index contributed by atoms with van der Waals surface area (Å²) in [4.78, 5) is 17.1. The Morgan fingerprint density at radius 3 is 2.48 bits per heavy atom. The van der Waals surface area contributed by atoms with Gasteiger partial charge in [-0.2, -0.15) is 0 Å². The van der Waals surface area contributed by atoms with Gasteiger partial charge in [0.2, 0.25) is 0 Å². The Balaban J connectivity index is 1.46. The Hall–Kier alpha value is -2.21. The molecule has 1 aromatic heterocycles. The predicted octanol–water partition coefficient (Wildman–Crippen LogP) is 3.59. The van der Waals surface area contributed by atoms with Crippen LogP contribution in [0.15, 0.2) is 48.8 Å². The van der Waals surface area contributed by atoms with E-state index in [9.17, 15) is 13.2 Å². The van der Waals surface area contributed by atoms with Crippen LogP contribution in [0.2, 0.25) is 0 Å². The summed E-state index contributed by atoms with van der Waals surface area (Å²) in [6.07, 6.45) is 6.33. The van der Waals surface area contributed by atoms with Gasteiger partial charge in [0.15, 0.2) is 15.6 Å². The molecule has 142 valence electrons. The Labute approximate surface area is 159 Å². The lowest BCUT2D eigenvalue weighted by Gasteiger charge is -2.38. The van der Waals surface area contributed by atoms with Crippen LogP contribution < -0.4 is 4.74 Å². The van der Waals surface area contributed by atoms with Crippen molar-refractivity contribution in [3.8, 4) is 5.75 Å². The molecule has 0 aliphatic carbocycles. The summed E-state index contributed by atoms with van der Waals surface area (Å²) < 4.78 is 30.6. The molecule has 4 rings (SSSR count). The maximum Gasteiger partial charge on any atom is 0.167 e. The molecule has 2 atom stereocenters. The molecule has 2 aliphatic rings. The Kier molecular flexibility index (Phi) is 5.00. The zero-order valence-electron chi connectivity index (χ0n) is 15.1. The zero-order chi connectivity index (χ0) is 18.9. The number of Topliss-reactive ketones (excluding diaryl/α,β-unsaturated/α-hetero) is 1. The fraction of sp³-hybridized carbons (Fsp3) is 0.429. The van der Waals surface area contributed by atoms with Gasteiger partial charge in [0, 0.05) is 17.7 Å². The average Bonchev–Trinajstić information content (AvgIpc) is 2.66. The van der Waals surface area contributed by atoms with Gasteiger partial charge in [-0.25, -0.2) is 8.42 Å². The van der Waals surface area contributed by atoms with Crippen molar-refractivity contribution in [3.05, 3.63) is 59.9 Å². The van der Waals surface area contributed by atoms with Gasteiger partial charge in [-0.05, 0) is 37.3 Å². The molecule has 27 heavy (non-hydrogen) atoms. The molecule has 6 heteroatoms. The molecule has 0 saturated carbocycles. The van der Waals surface area contributed by atoms with Crippen molar-refractivity contribution in [1.82, 2.24) is 4.98 Å². The molecular weight excluding hydrogens is 362 g/mol. The van der Waals surface area contributed by atoms with E-state index in [0.717, 1.165) is 12.0 Å². The molecule has 2 fully saturated rings. The second kappa shape index (κ2) is 7.43. The molecule has 2 saturated heterocycles. The largest absolute Gasteiger partial charge is 0.487 e. The number of carbonyl (C=O) groups is 1. The summed E-state index contributed by atoms with van der Waals surface area (Å²) in [5.74, 6) is 0.294. The normalized spacial score (nSPS) is 26.3. The third-order valence-electron chi connectivity index (χ3n) is 5.69. The molecule has 3 heterocycles. The smallest absolute Gasteiger partial charge is 0.167 e. The van der Waals surface area contributed by atoms with Gasteiger partial charge < -0.3 is 4.74 Å². The first-order valence-electron chi connectivity index (χ1n) is 9.43. The molecular formula is C21H23NO4S. The van der Waals surface area contributed by atoms with Crippen LogP contribution in [0, 0.1) is 5.92 Å². The Morgan fingerprint density at radius 2 is 1.78 bits per heavy atom. The van der Waals surface area contributed by atoms with Crippen LogP contribution in [-0.4, -0.2) is 29.7 Å². The van der Waals surface area contributed by atoms with E-state index in [0.29, 0.717) is 43.6 Å². The molecule has 2 aliphatic heterocycles. The molecule has 0 amide bonds. The van der Waals surface area contributed by atoms with E-state index in [2.05, 4.69) is 4.98 Å². The number of pyridine rings is 1. The van der Waals surface area contributed by atoms with Crippen LogP contribution in [0.5, 0.6) is 5.75 Å². The third kappa shape index (κ3) is 3.76. The highest BCUT2D eigenvalue weighted by Gasteiger charge is 2.46. The van der Waals surface area contributed by atoms with Crippen molar-refractivity contribution in [2.75, 3.05) is 0 Å². The lowest BCUT2D eigenvalue weighted by Crippen LogP contribution is -2.45. The molecule has 0 N–H and O–H groups in total. The van der Waals surface area contributed by atoms with Gasteiger partial charge in [0.1, 0.15) is 12.4 Å². The SMILES string of the molecule is O=C(c1cncc(OCc2ccccc2)c1)C1CC2CCCC(C1)S2(=O)=O. The van der Waals surface area contributed by atoms with Crippen LogP contribution in [0.4, 0.5) is 0 Å². The van der Waals surface area contributed by atoms with Crippen LogP contribution in [0.1, 0.15) is 48.0 Å². The van der Waals surface area contributed by atoms with Gasteiger partial charge in [0.25, 0.3) is 0 Å². The molecule has 0 radical (unpaired) electrons. The monoisotopic (exact) mass is 385 g/mol. The predicted molar refractivity (Wildman–Crippen MR) is 102 cm³/mol. The first-order valence-corrected chi connectivity index (χ1v) is 11.0. The van der Waals surface area contributed by atoms with Crippen molar-refractivity contribution in [2.24, 2.45) is 5.92 Å². The quantitative estimate of drug-likeness (QED) is 0.736. The number of sulfone groups is 1. The van der Waals surface area contributed by atoms with Gasteiger partial charge in [-0.15, -0.1) is 0 Å². The number of hydrogen-bond donors (Lipinski definition) is 0. The molecule has 0 spiro atoms.